The van der Waals surface area contributed by atoms with Gasteiger partial charge in [-0.15, -0.1) is 0 Å². The molecule has 5 rings (SSSR count). The second kappa shape index (κ2) is 13.6. The molecule has 1 aliphatic carbocycles. The maximum atomic E-state index is 12.7. The number of nitrogens with one attached hydrogen (secondary N) is 1. The Morgan fingerprint density at radius 3 is 2.59 bits per heavy atom. The topological polar surface area (TPSA) is 83.5 Å². The van der Waals surface area contributed by atoms with E-state index >= 15 is 0 Å². The molecule has 2 heterocycles. The van der Waals surface area contributed by atoms with E-state index < -0.39 is 0 Å². The summed E-state index contributed by atoms with van der Waals surface area (Å²) < 4.78 is 11.8. The third-order valence-corrected chi connectivity index (χ3v) is 9.02. The van der Waals surface area contributed by atoms with Crippen molar-refractivity contribution in [3.63, 3.8) is 0 Å². The van der Waals surface area contributed by atoms with Crippen LogP contribution < -0.4 is 14.8 Å². The second-order valence-corrected chi connectivity index (χ2v) is 12.1. The van der Waals surface area contributed by atoms with E-state index in [1.807, 2.05) is 54.2 Å². The minimum absolute atomic E-state index is 0.0219. The second-order valence-electron chi connectivity index (χ2n) is 10.00. The summed E-state index contributed by atoms with van der Waals surface area (Å²) in [7, 11) is 1.65. The van der Waals surface area contributed by atoms with Crippen molar-refractivity contribution in [2.45, 2.75) is 44.8 Å². The maximum absolute atomic E-state index is 12.7. The van der Waals surface area contributed by atoms with Gasteiger partial charge in [-0.2, -0.15) is 16.9 Å². The highest BCUT2D eigenvalue weighted by Crippen LogP contribution is 2.33. The zero-order valence-electron chi connectivity index (χ0n) is 22.4. The number of amides is 2. The average molecular weight is 569 g/mol. The maximum Gasteiger partial charge on any atom is 0.302 e. The van der Waals surface area contributed by atoms with Crippen LogP contribution in [-0.4, -0.2) is 76.9 Å². The lowest BCUT2D eigenvalue weighted by Crippen LogP contribution is -2.34. The first-order chi connectivity index (χ1) is 19.1. The van der Waals surface area contributed by atoms with E-state index in [-0.39, 0.29) is 17.3 Å². The molecule has 2 amide bonds. The Hall–Kier alpha value is -2.69. The number of nitrogens with zero attached hydrogens (tertiary/aromatic N) is 3. The van der Waals surface area contributed by atoms with E-state index in [2.05, 4.69) is 10.2 Å². The van der Waals surface area contributed by atoms with Crippen LogP contribution in [-0.2, 0) is 11.3 Å². The molecule has 1 N–H and O–H groups in total. The lowest BCUT2D eigenvalue weighted by Gasteiger charge is -2.25. The first-order valence-electron chi connectivity index (χ1n) is 13.6. The Labute approximate surface area is 238 Å². The number of hydrazone groups is 1. The number of anilines is 1. The van der Waals surface area contributed by atoms with Gasteiger partial charge in [-0.1, -0.05) is 23.9 Å². The molecule has 0 unspecified atom stereocenters. The number of methoxy groups -OCH3 is 1. The van der Waals surface area contributed by atoms with Gasteiger partial charge in [0.05, 0.1) is 25.5 Å². The van der Waals surface area contributed by atoms with Crippen LogP contribution >= 0.6 is 23.5 Å². The van der Waals surface area contributed by atoms with Crippen LogP contribution in [0, 0.1) is 0 Å². The Bertz CT molecular complexity index is 1180. The fourth-order valence-electron chi connectivity index (χ4n) is 4.97. The van der Waals surface area contributed by atoms with E-state index in [4.69, 9.17) is 14.6 Å². The van der Waals surface area contributed by atoms with Gasteiger partial charge in [0, 0.05) is 54.6 Å². The Morgan fingerprint density at radius 1 is 1.08 bits per heavy atom. The smallest absolute Gasteiger partial charge is 0.302 e. The van der Waals surface area contributed by atoms with E-state index in [0.717, 1.165) is 72.3 Å². The molecular weight excluding hydrogens is 532 g/mol. The monoisotopic (exact) mass is 568 g/mol. The molecule has 1 saturated heterocycles. The van der Waals surface area contributed by atoms with Crippen molar-refractivity contribution < 1.29 is 19.1 Å². The van der Waals surface area contributed by atoms with E-state index in [1.54, 1.807) is 7.11 Å². The van der Waals surface area contributed by atoms with Crippen LogP contribution in [0.5, 0.6) is 11.5 Å². The molecule has 3 aliphatic rings. The molecule has 2 aromatic rings. The quantitative estimate of drug-likeness (QED) is 0.407. The number of hydrogen-bond donors (Lipinski definition) is 1. The number of carbonyl (C=O) groups is 2. The summed E-state index contributed by atoms with van der Waals surface area (Å²) in [4.78, 5) is 27.4. The Kier molecular flexibility index (Phi) is 9.71. The number of ether oxygens (including phenoxy) is 2. The third-order valence-electron chi connectivity index (χ3n) is 7.21. The SMILES string of the molecule is COc1ccc(C2=NN(Cc3ccc(NC(=O)CCN4CCSCC4)cc3)C(=O)SC2)cc1OC1CCCC1. The molecule has 2 aromatic carbocycles. The van der Waals surface area contributed by atoms with Gasteiger partial charge in [0.25, 0.3) is 0 Å². The molecule has 208 valence electrons. The Morgan fingerprint density at radius 2 is 1.85 bits per heavy atom. The highest BCUT2D eigenvalue weighted by molar-refractivity contribution is 8.14. The molecule has 2 aliphatic heterocycles. The first kappa shape index (κ1) is 27.9. The van der Waals surface area contributed by atoms with Crippen molar-refractivity contribution in [1.29, 1.82) is 0 Å². The van der Waals surface area contributed by atoms with Crippen molar-refractivity contribution in [1.82, 2.24) is 9.91 Å². The minimum atomic E-state index is -0.0804. The fraction of sp³-hybridized carbons (Fsp3) is 0.483. The summed E-state index contributed by atoms with van der Waals surface area (Å²) in [6, 6.07) is 13.5. The molecular formula is C29H36N4O4S2. The van der Waals surface area contributed by atoms with Gasteiger partial charge in [0.15, 0.2) is 11.5 Å². The molecule has 39 heavy (non-hydrogen) atoms. The predicted molar refractivity (Wildman–Crippen MR) is 159 cm³/mol. The van der Waals surface area contributed by atoms with Crippen molar-refractivity contribution in [2.75, 3.05) is 49.3 Å². The zero-order valence-corrected chi connectivity index (χ0v) is 24.0. The lowest BCUT2D eigenvalue weighted by atomic mass is 10.1. The summed E-state index contributed by atoms with van der Waals surface area (Å²) >= 11 is 3.22. The average Bonchev–Trinajstić information content (AvgIpc) is 3.48. The largest absolute Gasteiger partial charge is 0.493 e. The molecule has 0 atom stereocenters. The van der Waals surface area contributed by atoms with E-state index in [9.17, 15) is 9.59 Å². The van der Waals surface area contributed by atoms with Gasteiger partial charge in [-0.05, 0) is 61.6 Å². The number of benzene rings is 2. The van der Waals surface area contributed by atoms with Crippen molar-refractivity contribution >= 4 is 46.1 Å². The highest BCUT2D eigenvalue weighted by Gasteiger charge is 2.24. The first-order valence-corrected chi connectivity index (χ1v) is 15.8. The molecule has 0 radical (unpaired) electrons. The standard InChI is InChI=1S/C29H36N4O4S2/c1-36-26-11-8-22(18-27(26)37-24-4-2-3-5-24)25-20-39-29(35)33(31-25)19-21-6-9-23(10-7-21)30-28(34)12-13-32-14-16-38-17-15-32/h6-11,18,24H,2-5,12-17,19-20H2,1H3,(H,30,34). The van der Waals surface area contributed by atoms with Crippen LogP contribution in [0.1, 0.15) is 43.2 Å². The molecule has 0 bridgehead atoms. The summed E-state index contributed by atoms with van der Waals surface area (Å²) in [6.07, 6.45) is 5.22. The molecule has 0 spiro atoms. The van der Waals surface area contributed by atoms with Crippen molar-refractivity contribution in [2.24, 2.45) is 5.10 Å². The summed E-state index contributed by atoms with van der Waals surface area (Å²) in [5.41, 5.74) is 3.46. The minimum Gasteiger partial charge on any atom is -0.493 e. The number of hydrogen-bond acceptors (Lipinski definition) is 8. The normalized spacial score (nSPS) is 18.6. The highest BCUT2D eigenvalue weighted by atomic mass is 32.2. The van der Waals surface area contributed by atoms with Crippen LogP contribution in [0.3, 0.4) is 0 Å². The summed E-state index contributed by atoms with van der Waals surface area (Å²) in [6.45, 7) is 3.26. The van der Waals surface area contributed by atoms with Crippen molar-refractivity contribution in [3.8, 4) is 11.5 Å². The summed E-state index contributed by atoms with van der Waals surface area (Å²) in [5, 5.41) is 9.12. The third kappa shape index (κ3) is 7.70. The van der Waals surface area contributed by atoms with E-state index in [0.29, 0.717) is 24.5 Å². The van der Waals surface area contributed by atoms with Gasteiger partial charge < -0.3 is 19.7 Å². The Balaban J connectivity index is 1.20. The molecule has 0 aromatic heterocycles. The molecule has 8 nitrogen and oxygen atoms in total. The van der Waals surface area contributed by atoms with Crippen LogP contribution in [0.2, 0.25) is 0 Å². The van der Waals surface area contributed by atoms with Crippen LogP contribution in [0.25, 0.3) is 0 Å². The fourth-order valence-corrected chi connectivity index (χ4v) is 6.69. The molecule has 10 heteroatoms. The zero-order chi connectivity index (χ0) is 27.0. The van der Waals surface area contributed by atoms with Gasteiger partial charge in [0.1, 0.15) is 0 Å². The number of rotatable bonds is 10. The van der Waals surface area contributed by atoms with Crippen molar-refractivity contribution in [3.05, 3.63) is 53.6 Å². The van der Waals surface area contributed by atoms with Crippen LogP contribution in [0.4, 0.5) is 10.5 Å². The van der Waals surface area contributed by atoms with Crippen LogP contribution in [0.15, 0.2) is 47.6 Å². The number of thioether (sulfide) groups is 2. The van der Waals surface area contributed by atoms with Gasteiger partial charge in [0.2, 0.25) is 5.91 Å². The number of carbonyl (C=O) groups excluding carboxylic acids is 2. The van der Waals surface area contributed by atoms with E-state index in [1.165, 1.54) is 29.6 Å². The van der Waals surface area contributed by atoms with Gasteiger partial charge >= 0.3 is 5.24 Å². The van der Waals surface area contributed by atoms with Gasteiger partial charge in [-0.3, -0.25) is 9.59 Å². The van der Waals surface area contributed by atoms with Gasteiger partial charge in [-0.25, -0.2) is 5.01 Å². The lowest BCUT2D eigenvalue weighted by molar-refractivity contribution is -0.116. The summed E-state index contributed by atoms with van der Waals surface area (Å²) in [5.74, 6) is 4.25. The molecule has 1 saturated carbocycles. The molecule has 2 fully saturated rings. The predicted octanol–water partition coefficient (Wildman–Crippen LogP) is 5.47.